The molecule has 1 saturated carbocycles. The minimum absolute atomic E-state index is 0.0200. The molecule has 2 aliphatic rings. The molecule has 2 aromatic carbocycles. The molecule has 0 radical (unpaired) electrons. The number of amides is 2. The molecule has 2 amide bonds. The van der Waals surface area contributed by atoms with E-state index in [0.717, 1.165) is 48.3 Å². The molecule has 0 spiro atoms. The number of nitrogens with zero attached hydrogens (tertiary/aromatic N) is 3. The topological polar surface area (TPSA) is 71.4 Å². The van der Waals surface area contributed by atoms with Crippen LogP contribution in [0.15, 0.2) is 53.6 Å². The fourth-order valence-corrected chi connectivity index (χ4v) is 5.10. The first-order chi connectivity index (χ1) is 17.0. The Morgan fingerprint density at radius 2 is 1.89 bits per heavy atom. The van der Waals surface area contributed by atoms with Crippen LogP contribution in [0.2, 0.25) is 5.02 Å². The van der Waals surface area contributed by atoms with Gasteiger partial charge in [-0.3, -0.25) is 9.59 Å². The summed E-state index contributed by atoms with van der Waals surface area (Å²) in [6.07, 6.45) is 4.37. The third-order valence-electron chi connectivity index (χ3n) is 6.74. The Hall–Kier alpha value is -2.90. The van der Waals surface area contributed by atoms with Gasteiger partial charge in [0, 0.05) is 36.6 Å². The molecule has 0 bridgehead atoms. The molecular formula is C27H32ClN3O4. The van der Waals surface area contributed by atoms with Crippen molar-refractivity contribution in [3.63, 3.8) is 0 Å². The largest absolute Gasteiger partial charge is 0.497 e. The van der Waals surface area contributed by atoms with E-state index in [2.05, 4.69) is 0 Å². The highest BCUT2D eigenvalue weighted by molar-refractivity contribution is 6.31. The second kappa shape index (κ2) is 11.7. The molecule has 0 aromatic heterocycles. The van der Waals surface area contributed by atoms with Gasteiger partial charge in [0.1, 0.15) is 12.3 Å². The van der Waals surface area contributed by atoms with Crippen molar-refractivity contribution in [2.45, 2.75) is 38.1 Å². The van der Waals surface area contributed by atoms with Crippen molar-refractivity contribution >= 4 is 29.1 Å². The Morgan fingerprint density at radius 3 is 2.60 bits per heavy atom. The van der Waals surface area contributed by atoms with Gasteiger partial charge >= 0.3 is 0 Å². The zero-order valence-electron chi connectivity index (χ0n) is 20.3. The monoisotopic (exact) mass is 497 g/mol. The lowest BCUT2D eigenvalue weighted by atomic mass is 9.98. The van der Waals surface area contributed by atoms with E-state index in [1.165, 1.54) is 5.01 Å². The maximum absolute atomic E-state index is 13.6. The minimum atomic E-state index is -0.358. The molecule has 35 heavy (non-hydrogen) atoms. The predicted octanol–water partition coefficient (Wildman–Crippen LogP) is 4.69. The average molecular weight is 498 g/mol. The molecule has 1 fully saturated rings. The first kappa shape index (κ1) is 25.2. The Balaban J connectivity index is 1.62. The molecule has 186 valence electrons. The Morgan fingerprint density at radius 1 is 1.11 bits per heavy atom. The highest BCUT2D eigenvalue weighted by Gasteiger charge is 2.36. The molecule has 7 nitrogen and oxygen atoms in total. The maximum atomic E-state index is 13.6. The van der Waals surface area contributed by atoms with Gasteiger partial charge in [-0.05, 0) is 36.6 Å². The third kappa shape index (κ3) is 5.85. The molecule has 0 N–H and O–H groups in total. The molecule has 1 aliphatic carbocycles. The van der Waals surface area contributed by atoms with Gasteiger partial charge in [-0.1, -0.05) is 54.8 Å². The standard InChI is InChI=1S/C27H32ClN3O4/c1-34-15-14-30(27(33)19-8-3-4-9-19)18-26(32)31-25(22-12-5-6-13-23(22)28)17-24(29-31)20-10-7-11-21(16-20)35-2/h5-7,10-13,16,19,25H,3-4,8-9,14-15,17-18H2,1-2H3/t25-/m1/s1. The van der Waals surface area contributed by atoms with Gasteiger partial charge in [-0.25, -0.2) is 5.01 Å². The molecule has 4 rings (SSSR count). The van der Waals surface area contributed by atoms with E-state index in [9.17, 15) is 9.59 Å². The fraction of sp³-hybridized carbons (Fsp3) is 0.444. The molecule has 0 unspecified atom stereocenters. The van der Waals surface area contributed by atoms with E-state index in [1.807, 2.05) is 48.5 Å². The lowest BCUT2D eigenvalue weighted by molar-refractivity contribution is -0.144. The summed E-state index contributed by atoms with van der Waals surface area (Å²) in [5.74, 6) is 0.485. The van der Waals surface area contributed by atoms with E-state index in [0.29, 0.717) is 24.6 Å². The smallest absolute Gasteiger partial charge is 0.262 e. The Labute approximate surface area is 211 Å². The van der Waals surface area contributed by atoms with Crippen LogP contribution in [-0.2, 0) is 14.3 Å². The van der Waals surface area contributed by atoms with E-state index in [4.69, 9.17) is 26.2 Å². The second-order valence-electron chi connectivity index (χ2n) is 8.99. The lowest BCUT2D eigenvalue weighted by Crippen LogP contribution is -2.44. The summed E-state index contributed by atoms with van der Waals surface area (Å²) in [5, 5.41) is 6.82. The number of hydrazone groups is 1. The van der Waals surface area contributed by atoms with Crippen LogP contribution in [0, 0.1) is 5.92 Å². The van der Waals surface area contributed by atoms with Gasteiger partial charge in [0.15, 0.2) is 0 Å². The van der Waals surface area contributed by atoms with Gasteiger partial charge < -0.3 is 14.4 Å². The van der Waals surface area contributed by atoms with Crippen molar-refractivity contribution in [2.75, 3.05) is 33.9 Å². The van der Waals surface area contributed by atoms with Crippen molar-refractivity contribution in [1.29, 1.82) is 0 Å². The normalized spacial score (nSPS) is 18.0. The molecule has 1 atom stereocenters. The number of ether oxygens (including phenoxy) is 2. The van der Waals surface area contributed by atoms with E-state index in [-0.39, 0.29) is 30.3 Å². The highest BCUT2D eigenvalue weighted by Crippen LogP contribution is 2.37. The molecule has 1 heterocycles. The van der Waals surface area contributed by atoms with Crippen LogP contribution in [0.4, 0.5) is 0 Å². The minimum Gasteiger partial charge on any atom is -0.497 e. The van der Waals surface area contributed by atoms with Crippen LogP contribution in [-0.4, -0.2) is 61.4 Å². The van der Waals surface area contributed by atoms with E-state index in [1.54, 1.807) is 19.1 Å². The van der Waals surface area contributed by atoms with Gasteiger partial charge in [0.05, 0.1) is 25.5 Å². The number of carbonyl (C=O) groups excluding carboxylic acids is 2. The molecule has 0 saturated heterocycles. The molecule has 2 aromatic rings. The lowest BCUT2D eigenvalue weighted by Gasteiger charge is -2.28. The predicted molar refractivity (Wildman–Crippen MR) is 136 cm³/mol. The second-order valence-corrected chi connectivity index (χ2v) is 9.40. The number of hydrogen-bond donors (Lipinski definition) is 0. The van der Waals surface area contributed by atoms with Crippen LogP contribution < -0.4 is 4.74 Å². The van der Waals surface area contributed by atoms with Gasteiger partial charge in [0.25, 0.3) is 5.91 Å². The van der Waals surface area contributed by atoms with Crippen LogP contribution >= 0.6 is 11.6 Å². The van der Waals surface area contributed by atoms with Crippen LogP contribution in [0.1, 0.15) is 49.3 Å². The third-order valence-corrected chi connectivity index (χ3v) is 7.08. The molecule has 8 heteroatoms. The van der Waals surface area contributed by atoms with E-state index >= 15 is 0 Å². The summed E-state index contributed by atoms with van der Waals surface area (Å²) >= 11 is 6.54. The summed E-state index contributed by atoms with van der Waals surface area (Å²) in [5.41, 5.74) is 2.48. The summed E-state index contributed by atoms with van der Waals surface area (Å²) < 4.78 is 10.6. The van der Waals surface area contributed by atoms with Crippen molar-refractivity contribution in [1.82, 2.24) is 9.91 Å². The van der Waals surface area contributed by atoms with E-state index < -0.39 is 0 Å². The molecule has 1 aliphatic heterocycles. The highest BCUT2D eigenvalue weighted by atomic mass is 35.5. The zero-order valence-corrected chi connectivity index (χ0v) is 21.0. The number of methoxy groups -OCH3 is 2. The van der Waals surface area contributed by atoms with Crippen LogP contribution in [0.5, 0.6) is 5.75 Å². The van der Waals surface area contributed by atoms with Gasteiger partial charge in [-0.2, -0.15) is 5.10 Å². The number of carbonyl (C=O) groups is 2. The Bertz CT molecular complexity index is 1080. The average Bonchev–Trinajstić information content (AvgIpc) is 3.57. The zero-order chi connectivity index (χ0) is 24.8. The van der Waals surface area contributed by atoms with Crippen LogP contribution in [0.25, 0.3) is 0 Å². The summed E-state index contributed by atoms with van der Waals surface area (Å²) in [6.45, 7) is 0.696. The number of hydrogen-bond acceptors (Lipinski definition) is 5. The van der Waals surface area contributed by atoms with Gasteiger partial charge in [-0.15, -0.1) is 0 Å². The van der Waals surface area contributed by atoms with Crippen LogP contribution in [0.3, 0.4) is 0 Å². The Kier molecular flexibility index (Phi) is 8.42. The maximum Gasteiger partial charge on any atom is 0.262 e. The van der Waals surface area contributed by atoms with Crippen molar-refractivity contribution in [3.05, 3.63) is 64.7 Å². The summed E-state index contributed by atoms with van der Waals surface area (Å²) in [7, 11) is 3.21. The van der Waals surface area contributed by atoms with Crippen molar-refractivity contribution < 1.29 is 19.1 Å². The quantitative estimate of drug-likeness (QED) is 0.504. The van der Waals surface area contributed by atoms with Gasteiger partial charge in [0.2, 0.25) is 5.91 Å². The SMILES string of the molecule is COCCN(CC(=O)N1N=C(c2cccc(OC)c2)C[C@@H]1c1ccccc1Cl)C(=O)C1CCCC1. The van der Waals surface area contributed by atoms with Crippen molar-refractivity contribution in [2.24, 2.45) is 11.0 Å². The summed E-state index contributed by atoms with van der Waals surface area (Å²) in [4.78, 5) is 28.5. The van der Waals surface area contributed by atoms with Crippen molar-refractivity contribution in [3.8, 4) is 5.75 Å². The molecular weight excluding hydrogens is 466 g/mol. The number of benzene rings is 2. The number of rotatable bonds is 9. The first-order valence-electron chi connectivity index (χ1n) is 12.1. The fourth-order valence-electron chi connectivity index (χ4n) is 4.84. The number of halogens is 1. The first-order valence-corrected chi connectivity index (χ1v) is 12.5. The summed E-state index contributed by atoms with van der Waals surface area (Å²) in [6, 6.07) is 14.8.